The highest BCUT2D eigenvalue weighted by Gasteiger charge is 2.48. The van der Waals surface area contributed by atoms with Crippen molar-refractivity contribution in [1.29, 1.82) is 5.26 Å². The minimum absolute atomic E-state index is 0.0280. The Kier molecular flexibility index (Phi) is 7.55. The molecule has 1 heterocycles. The molecule has 2 saturated carbocycles. The Balaban J connectivity index is 1.41. The van der Waals surface area contributed by atoms with Gasteiger partial charge in [-0.2, -0.15) is 5.26 Å². The molecule has 0 spiro atoms. The summed E-state index contributed by atoms with van der Waals surface area (Å²) in [6, 6.07) is 8.94. The number of rotatable bonds is 7. The Hall–Kier alpha value is -2.88. The van der Waals surface area contributed by atoms with Crippen molar-refractivity contribution in [3.8, 4) is 6.07 Å². The largest absolute Gasteiger partial charge is 0.369 e. The van der Waals surface area contributed by atoms with Gasteiger partial charge in [0.05, 0.1) is 11.6 Å². The maximum absolute atomic E-state index is 13.3. The van der Waals surface area contributed by atoms with Crippen LogP contribution < -0.4 is 11.1 Å². The Morgan fingerprint density at radius 1 is 1.21 bits per heavy atom. The van der Waals surface area contributed by atoms with E-state index in [0.29, 0.717) is 35.3 Å². The van der Waals surface area contributed by atoms with Crippen LogP contribution >= 0.6 is 0 Å². The van der Waals surface area contributed by atoms with Crippen LogP contribution in [0.1, 0.15) is 93.0 Å². The second kappa shape index (κ2) is 10.6. The molecule has 2 fully saturated rings. The molecule has 0 saturated heterocycles. The lowest BCUT2D eigenvalue weighted by Gasteiger charge is -2.35. The summed E-state index contributed by atoms with van der Waals surface area (Å²) >= 11 is 0. The third-order valence-electron chi connectivity index (χ3n) is 8.06. The van der Waals surface area contributed by atoms with Gasteiger partial charge in [-0.25, -0.2) is 4.99 Å². The maximum atomic E-state index is 13.3. The van der Waals surface area contributed by atoms with Crippen molar-refractivity contribution in [3.05, 3.63) is 35.4 Å². The van der Waals surface area contributed by atoms with Crippen LogP contribution in [0.5, 0.6) is 0 Å². The molecule has 0 aromatic heterocycles. The Bertz CT molecular complexity index is 977. The molecule has 3 N–H and O–H groups in total. The van der Waals surface area contributed by atoms with Gasteiger partial charge in [0.15, 0.2) is 5.96 Å². The molecule has 4 rings (SSSR count). The van der Waals surface area contributed by atoms with Crippen LogP contribution in [0.15, 0.2) is 29.3 Å². The quantitative estimate of drug-likeness (QED) is 0.633. The van der Waals surface area contributed by atoms with E-state index in [4.69, 9.17) is 16.0 Å². The number of hydrogen-bond donors (Lipinski definition) is 2. The number of aliphatic imine (C=N–C) groups is 1. The molecule has 7 heteroatoms. The summed E-state index contributed by atoms with van der Waals surface area (Å²) < 4.78 is 0. The van der Waals surface area contributed by atoms with Crippen LogP contribution in [0.3, 0.4) is 0 Å². The summed E-state index contributed by atoms with van der Waals surface area (Å²) in [6.07, 6.45) is 12.7. The first-order chi connectivity index (χ1) is 16.4. The van der Waals surface area contributed by atoms with E-state index in [9.17, 15) is 9.59 Å². The standard InChI is InChI=1S/C27H37N5O2/c1-32-25(34)27(31-26(32)29,14-13-19-7-3-2-4-8-19)17-20-9-6-12-23(16-20)30-24(33)22-11-5-10-21(15-22)18-28/h5,10-11,15,19-20,23H,2-4,6-9,12-14,16-17H2,1H3,(H2,29,31)(H,30,33)/t20-,23+,27+/m0/s1. The number of nitrogens with two attached hydrogens (primary N) is 1. The van der Waals surface area contributed by atoms with Crippen molar-refractivity contribution >= 4 is 17.8 Å². The minimum atomic E-state index is -0.756. The van der Waals surface area contributed by atoms with Crippen LogP contribution in [-0.2, 0) is 4.79 Å². The lowest BCUT2D eigenvalue weighted by atomic mass is 9.74. The summed E-state index contributed by atoms with van der Waals surface area (Å²) in [7, 11) is 1.72. The Morgan fingerprint density at radius 3 is 2.68 bits per heavy atom. The highest BCUT2D eigenvalue weighted by molar-refractivity contribution is 6.06. The van der Waals surface area contributed by atoms with Crippen LogP contribution in [-0.4, -0.2) is 41.3 Å². The lowest BCUT2D eigenvalue weighted by Crippen LogP contribution is -2.45. The smallest absolute Gasteiger partial charge is 0.257 e. The molecule has 0 bridgehead atoms. The average molecular weight is 464 g/mol. The Morgan fingerprint density at radius 2 is 1.97 bits per heavy atom. The predicted octanol–water partition coefficient (Wildman–Crippen LogP) is 4.12. The number of hydrogen-bond acceptors (Lipinski definition) is 5. The molecular weight excluding hydrogens is 426 g/mol. The molecule has 34 heavy (non-hydrogen) atoms. The van der Waals surface area contributed by atoms with Crippen LogP contribution in [0.2, 0.25) is 0 Å². The molecule has 0 radical (unpaired) electrons. The third kappa shape index (κ3) is 5.43. The Labute approximate surface area is 202 Å². The number of carbonyl (C=O) groups excluding carboxylic acids is 2. The molecule has 1 aromatic carbocycles. The first-order valence-corrected chi connectivity index (χ1v) is 12.8. The number of benzene rings is 1. The third-order valence-corrected chi connectivity index (χ3v) is 8.06. The number of nitrogens with one attached hydrogen (secondary N) is 1. The highest BCUT2D eigenvalue weighted by Crippen LogP contribution is 2.40. The normalized spacial score (nSPS) is 27.8. The van der Waals surface area contributed by atoms with E-state index in [0.717, 1.165) is 38.5 Å². The fourth-order valence-corrected chi connectivity index (χ4v) is 6.16. The number of amides is 2. The van der Waals surface area contributed by atoms with Crippen LogP contribution in [0, 0.1) is 23.2 Å². The van der Waals surface area contributed by atoms with Gasteiger partial charge in [-0.1, -0.05) is 51.0 Å². The average Bonchev–Trinajstić information content (AvgIpc) is 3.07. The summed E-state index contributed by atoms with van der Waals surface area (Å²) in [5, 5.41) is 12.3. The molecule has 2 aliphatic carbocycles. The van der Waals surface area contributed by atoms with Gasteiger partial charge in [-0.15, -0.1) is 0 Å². The number of guanidine groups is 1. The van der Waals surface area contributed by atoms with E-state index < -0.39 is 5.54 Å². The monoisotopic (exact) mass is 463 g/mol. The highest BCUT2D eigenvalue weighted by atomic mass is 16.2. The fourth-order valence-electron chi connectivity index (χ4n) is 6.16. The zero-order chi connectivity index (χ0) is 24.1. The molecular formula is C27H37N5O2. The second-order valence-electron chi connectivity index (χ2n) is 10.5. The van der Waals surface area contributed by atoms with Crippen molar-refractivity contribution < 1.29 is 9.59 Å². The van der Waals surface area contributed by atoms with Crippen molar-refractivity contribution in [2.45, 2.75) is 88.6 Å². The summed E-state index contributed by atoms with van der Waals surface area (Å²) in [5.74, 6) is 1.20. The van der Waals surface area contributed by atoms with E-state index in [2.05, 4.69) is 11.4 Å². The van der Waals surface area contributed by atoms with Gasteiger partial charge >= 0.3 is 0 Å². The predicted molar refractivity (Wildman–Crippen MR) is 132 cm³/mol. The number of likely N-dealkylation sites (N-methyl/N-ethyl adjacent to an activating group) is 1. The minimum Gasteiger partial charge on any atom is -0.369 e. The zero-order valence-electron chi connectivity index (χ0n) is 20.3. The first-order valence-electron chi connectivity index (χ1n) is 12.8. The summed E-state index contributed by atoms with van der Waals surface area (Å²) in [5.41, 5.74) is 6.35. The van der Waals surface area contributed by atoms with Gasteiger partial charge in [0.2, 0.25) is 0 Å². The molecule has 7 nitrogen and oxygen atoms in total. The van der Waals surface area contributed by atoms with Gasteiger partial charge in [0, 0.05) is 18.7 Å². The van der Waals surface area contributed by atoms with E-state index >= 15 is 0 Å². The molecule has 182 valence electrons. The van der Waals surface area contributed by atoms with Crippen molar-refractivity contribution in [2.75, 3.05) is 7.05 Å². The molecule has 1 aromatic rings. The number of nitriles is 1. The van der Waals surface area contributed by atoms with Gasteiger partial charge < -0.3 is 11.1 Å². The molecule has 0 unspecified atom stereocenters. The summed E-state index contributed by atoms with van der Waals surface area (Å²) in [6.45, 7) is 0. The van der Waals surface area contributed by atoms with Crippen molar-refractivity contribution in [1.82, 2.24) is 10.2 Å². The van der Waals surface area contributed by atoms with Gasteiger partial charge in [0.25, 0.3) is 11.8 Å². The molecule has 3 atom stereocenters. The number of nitrogens with zero attached hydrogens (tertiary/aromatic N) is 3. The SMILES string of the molecule is CN1C(=O)[C@@](CCC2CCCCC2)(C[C@H]2CCC[C@@H](NC(=O)c3cccc(C#N)c3)C2)N=C1N. The number of carbonyl (C=O) groups is 2. The van der Waals surface area contributed by atoms with Crippen LogP contribution in [0.25, 0.3) is 0 Å². The maximum Gasteiger partial charge on any atom is 0.257 e. The van der Waals surface area contributed by atoms with E-state index in [1.807, 2.05) is 0 Å². The zero-order valence-corrected chi connectivity index (χ0v) is 20.3. The van der Waals surface area contributed by atoms with Gasteiger partial charge in [0.1, 0.15) is 5.54 Å². The second-order valence-corrected chi connectivity index (χ2v) is 10.5. The van der Waals surface area contributed by atoms with E-state index in [1.54, 1.807) is 31.3 Å². The van der Waals surface area contributed by atoms with Crippen molar-refractivity contribution in [3.63, 3.8) is 0 Å². The molecule has 3 aliphatic rings. The fraction of sp³-hybridized carbons (Fsp3) is 0.630. The lowest BCUT2D eigenvalue weighted by molar-refractivity contribution is -0.131. The van der Waals surface area contributed by atoms with E-state index in [1.165, 1.54) is 37.0 Å². The van der Waals surface area contributed by atoms with Gasteiger partial charge in [-0.05, 0) is 62.1 Å². The topological polar surface area (TPSA) is 112 Å². The van der Waals surface area contributed by atoms with Crippen molar-refractivity contribution in [2.24, 2.45) is 22.6 Å². The van der Waals surface area contributed by atoms with Crippen LogP contribution in [0.4, 0.5) is 0 Å². The van der Waals surface area contributed by atoms with E-state index in [-0.39, 0.29) is 17.9 Å². The molecule has 2 amide bonds. The molecule has 1 aliphatic heterocycles. The van der Waals surface area contributed by atoms with Gasteiger partial charge in [-0.3, -0.25) is 14.5 Å². The first kappa shape index (κ1) is 24.3. The summed E-state index contributed by atoms with van der Waals surface area (Å²) in [4.78, 5) is 32.4.